The lowest BCUT2D eigenvalue weighted by atomic mass is 10.2. The van der Waals surface area contributed by atoms with Gasteiger partial charge in [-0.05, 0) is 5.92 Å². The van der Waals surface area contributed by atoms with Crippen LogP contribution in [0, 0.1) is 5.92 Å². The van der Waals surface area contributed by atoms with Crippen molar-refractivity contribution in [1.82, 2.24) is 0 Å². The Bertz CT molecular complexity index is 238. The van der Waals surface area contributed by atoms with E-state index in [1.807, 2.05) is 13.8 Å². The van der Waals surface area contributed by atoms with Crippen molar-refractivity contribution in [2.24, 2.45) is 10.9 Å². The molecule has 6 heteroatoms. The van der Waals surface area contributed by atoms with Crippen molar-refractivity contribution in [2.45, 2.75) is 32.8 Å². The van der Waals surface area contributed by atoms with Crippen LogP contribution in [-0.2, 0) is 19.0 Å². The predicted molar refractivity (Wildman–Crippen MR) is 62.7 cm³/mol. The SMILES string of the molecule is COC(/C=N/[C@H](O)CC(=O)OCC(C)C)OC. The van der Waals surface area contributed by atoms with E-state index in [1.54, 1.807) is 0 Å². The van der Waals surface area contributed by atoms with Crippen LogP contribution >= 0.6 is 0 Å². The highest BCUT2D eigenvalue weighted by Crippen LogP contribution is 2.00. The maximum Gasteiger partial charge on any atom is 0.310 e. The monoisotopic (exact) mass is 247 g/mol. The topological polar surface area (TPSA) is 77.4 Å². The molecule has 0 radical (unpaired) electrons. The number of aliphatic hydroxyl groups is 1. The largest absolute Gasteiger partial charge is 0.465 e. The van der Waals surface area contributed by atoms with Gasteiger partial charge in [-0.25, -0.2) is 0 Å². The van der Waals surface area contributed by atoms with Crippen LogP contribution in [0.1, 0.15) is 20.3 Å². The molecule has 0 aromatic carbocycles. The average molecular weight is 247 g/mol. The minimum Gasteiger partial charge on any atom is -0.465 e. The number of esters is 1. The molecule has 100 valence electrons. The Morgan fingerprint density at radius 3 is 2.41 bits per heavy atom. The fraction of sp³-hybridized carbons (Fsp3) is 0.818. The van der Waals surface area contributed by atoms with E-state index in [-0.39, 0.29) is 12.3 Å². The first-order chi connectivity index (χ1) is 7.99. The van der Waals surface area contributed by atoms with Gasteiger partial charge in [-0.2, -0.15) is 0 Å². The Morgan fingerprint density at radius 2 is 1.94 bits per heavy atom. The molecular weight excluding hydrogens is 226 g/mol. The van der Waals surface area contributed by atoms with Gasteiger partial charge in [0.25, 0.3) is 0 Å². The van der Waals surface area contributed by atoms with E-state index < -0.39 is 18.5 Å². The van der Waals surface area contributed by atoms with E-state index >= 15 is 0 Å². The fourth-order valence-electron chi connectivity index (χ4n) is 0.908. The highest BCUT2D eigenvalue weighted by atomic mass is 16.7. The number of hydrogen-bond acceptors (Lipinski definition) is 6. The van der Waals surface area contributed by atoms with Gasteiger partial charge in [0.05, 0.1) is 19.2 Å². The molecule has 0 amide bonds. The Labute approximate surface area is 102 Å². The zero-order chi connectivity index (χ0) is 13.3. The number of aliphatic imine (C=N–C) groups is 1. The van der Waals surface area contributed by atoms with Crippen LogP contribution in [0.15, 0.2) is 4.99 Å². The van der Waals surface area contributed by atoms with Crippen LogP contribution < -0.4 is 0 Å². The molecule has 17 heavy (non-hydrogen) atoms. The predicted octanol–water partition coefficient (Wildman–Crippen LogP) is 0.584. The molecule has 0 saturated carbocycles. The van der Waals surface area contributed by atoms with Crippen molar-refractivity contribution in [3.8, 4) is 0 Å². The maximum absolute atomic E-state index is 11.2. The van der Waals surface area contributed by atoms with Gasteiger partial charge in [0.15, 0.2) is 12.5 Å². The third-order valence-electron chi connectivity index (χ3n) is 1.77. The summed E-state index contributed by atoms with van der Waals surface area (Å²) in [5, 5.41) is 9.41. The van der Waals surface area contributed by atoms with Crippen LogP contribution in [0.25, 0.3) is 0 Å². The lowest BCUT2D eigenvalue weighted by molar-refractivity contribution is -0.146. The molecule has 0 aliphatic heterocycles. The van der Waals surface area contributed by atoms with Gasteiger partial charge in [-0.15, -0.1) is 0 Å². The molecule has 0 unspecified atom stereocenters. The summed E-state index contributed by atoms with van der Waals surface area (Å²) in [6.07, 6.45) is -0.650. The fourth-order valence-corrected chi connectivity index (χ4v) is 0.908. The number of hydrogen-bond donors (Lipinski definition) is 1. The molecule has 1 atom stereocenters. The molecule has 6 nitrogen and oxygen atoms in total. The van der Waals surface area contributed by atoms with E-state index in [2.05, 4.69) is 4.99 Å². The second-order valence-corrected chi connectivity index (χ2v) is 3.90. The third-order valence-corrected chi connectivity index (χ3v) is 1.77. The van der Waals surface area contributed by atoms with Crippen LogP contribution in [0.2, 0.25) is 0 Å². The zero-order valence-corrected chi connectivity index (χ0v) is 10.8. The molecule has 0 rings (SSSR count). The van der Waals surface area contributed by atoms with Crippen molar-refractivity contribution in [3.63, 3.8) is 0 Å². The Hall–Kier alpha value is -0.980. The summed E-state index contributed by atoms with van der Waals surface area (Å²) in [4.78, 5) is 14.9. The summed E-state index contributed by atoms with van der Waals surface area (Å²) in [6.45, 7) is 4.21. The minimum absolute atomic E-state index is 0.177. The van der Waals surface area contributed by atoms with Crippen LogP contribution in [0.4, 0.5) is 0 Å². The number of ether oxygens (including phenoxy) is 3. The van der Waals surface area contributed by atoms with Gasteiger partial charge in [0.1, 0.15) is 0 Å². The molecule has 0 saturated heterocycles. The first-order valence-corrected chi connectivity index (χ1v) is 5.42. The van der Waals surface area contributed by atoms with Gasteiger partial charge in [-0.3, -0.25) is 9.79 Å². The quantitative estimate of drug-likeness (QED) is 0.386. The summed E-state index contributed by atoms with van der Waals surface area (Å²) in [7, 11) is 2.90. The van der Waals surface area contributed by atoms with E-state index in [0.717, 1.165) is 0 Å². The van der Waals surface area contributed by atoms with E-state index in [0.29, 0.717) is 6.61 Å². The first kappa shape index (κ1) is 16.0. The van der Waals surface area contributed by atoms with Gasteiger partial charge in [-0.1, -0.05) is 13.8 Å². The van der Waals surface area contributed by atoms with Crippen LogP contribution in [0.3, 0.4) is 0 Å². The zero-order valence-electron chi connectivity index (χ0n) is 10.8. The standard InChI is InChI=1S/C11H21NO5/c1-8(2)7-17-10(14)5-9(13)12-6-11(15-3)16-4/h6,8-9,11,13H,5,7H2,1-4H3/b12-6+/t9-/m1/s1. The average Bonchev–Trinajstić information content (AvgIpc) is 2.27. The minimum atomic E-state index is -1.14. The molecule has 0 aromatic rings. The molecule has 0 aromatic heterocycles. The molecule has 0 aliphatic carbocycles. The van der Waals surface area contributed by atoms with Gasteiger partial charge >= 0.3 is 5.97 Å². The lowest BCUT2D eigenvalue weighted by Crippen LogP contribution is -2.19. The van der Waals surface area contributed by atoms with Crippen LogP contribution in [-0.4, -0.2) is 50.6 Å². The Morgan fingerprint density at radius 1 is 1.35 bits per heavy atom. The van der Waals surface area contributed by atoms with Crippen molar-refractivity contribution in [3.05, 3.63) is 0 Å². The van der Waals surface area contributed by atoms with E-state index in [9.17, 15) is 9.90 Å². The molecule has 0 spiro atoms. The Kier molecular flexibility index (Phi) is 8.57. The summed E-state index contributed by atoms with van der Waals surface area (Å²) in [5.74, 6) is -0.208. The van der Waals surface area contributed by atoms with E-state index in [1.165, 1.54) is 20.4 Å². The molecule has 0 aliphatic rings. The second-order valence-electron chi connectivity index (χ2n) is 3.90. The van der Waals surface area contributed by atoms with E-state index in [4.69, 9.17) is 14.2 Å². The normalized spacial score (nSPS) is 13.6. The van der Waals surface area contributed by atoms with Gasteiger partial charge in [0, 0.05) is 14.2 Å². The summed E-state index contributed by atoms with van der Waals surface area (Å²) in [5.41, 5.74) is 0. The number of carbonyl (C=O) groups is 1. The molecule has 0 fully saturated rings. The summed E-state index contributed by atoms with van der Waals surface area (Å²) < 4.78 is 14.6. The molecular formula is C11H21NO5. The van der Waals surface area contributed by atoms with Crippen molar-refractivity contribution >= 4 is 12.2 Å². The first-order valence-electron chi connectivity index (χ1n) is 5.42. The van der Waals surface area contributed by atoms with Gasteiger partial charge in [0.2, 0.25) is 0 Å². The van der Waals surface area contributed by atoms with Crippen LogP contribution in [0.5, 0.6) is 0 Å². The number of rotatable bonds is 8. The smallest absolute Gasteiger partial charge is 0.310 e. The third kappa shape index (κ3) is 8.79. The summed E-state index contributed by atoms with van der Waals surface area (Å²) >= 11 is 0. The molecule has 0 heterocycles. The van der Waals surface area contributed by atoms with Gasteiger partial charge < -0.3 is 19.3 Å². The number of methoxy groups -OCH3 is 2. The number of aliphatic hydroxyl groups excluding tert-OH is 1. The number of carbonyl (C=O) groups excluding carboxylic acids is 1. The van der Waals surface area contributed by atoms with Crippen molar-refractivity contribution in [1.29, 1.82) is 0 Å². The summed E-state index contributed by atoms with van der Waals surface area (Å²) in [6, 6.07) is 0. The second kappa shape index (κ2) is 9.09. The molecule has 0 bridgehead atoms. The lowest BCUT2D eigenvalue weighted by Gasteiger charge is -2.10. The highest BCUT2D eigenvalue weighted by molar-refractivity contribution is 5.70. The van der Waals surface area contributed by atoms with Crippen molar-refractivity contribution in [2.75, 3.05) is 20.8 Å². The van der Waals surface area contributed by atoms with Crippen molar-refractivity contribution < 1.29 is 24.1 Å². The Balaban J connectivity index is 3.91. The number of nitrogens with zero attached hydrogens (tertiary/aromatic N) is 1. The maximum atomic E-state index is 11.2. The molecule has 1 N–H and O–H groups in total. The highest BCUT2D eigenvalue weighted by Gasteiger charge is 2.11.